The molecule has 1 aliphatic heterocycles. The van der Waals surface area contributed by atoms with Gasteiger partial charge in [-0.2, -0.15) is 0 Å². The van der Waals surface area contributed by atoms with Crippen molar-refractivity contribution in [3.05, 3.63) is 104 Å². The molecule has 1 aliphatic carbocycles. The third-order valence-corrected chi connectivity index (χ3v) is 7.79. The Morgan fingerprint density at radius 3 is 2.45 bits per heavy atom. The van der Waals surface area contributed by atoms with Crippen molar-refractivity contribution in [1.29, 1.82) is 0 Å². The van der Waals surface area contributed by atoms with Gasteiger partial charge in [0.15, 0.2) is 0 Å². The molecule has 3 aromatic carbocycles. The molecule has 38 heavy (non-hydrogen) atoms. The highest BCUT2D eigenvalue weighted by molar-refractivity contribution is 6.40. The molecule has 7 nitrogen and oxygen atoms in total. The molecule has 0 saturated carbocycles. The summed E-state index contributed by atoms with van der Waals surface area (Å²) in [5.41, 5.74) is 4.91. The van der Waals surface area contributed by atoms with Gasteiger partial charge >= 0.3 is 6.03 Å². The molecule has 5 rings (SSSR count). The summed E-state index contributed by atoms with van der Waals surface area (Å²) in [5.74, 6) is -0.462. The minimum atomic E-state index is -0.405. The van der Waals surface area contributed by atoms with E-state index in [1.54, 1.807) is 23.1 Å². The van der Waals surface area contributed by atoms with Gasteiger partial charge in [0.1, 0.15) is 0 Å². The Kier molecular flexibility index (Phi) is 7.86. The summed E-state index contributed by atoms with van der Waals surface area (Å²) in [4.78, 5) is 39.9. The van der Waals surface area contributed by atoms with E-state index < -0.39 is 5.91 Å². The van der Waals surface area contributed by atoms with Crippen LogP contribution in [0.2, 0.25) is 10.0 Å². The second-order valence-electron chi connectivity index (χ2n) is 9.47. The van der Waals surface area contributed by atoms with Crippen LogP contribution in [0.4, 0.5) is 4.79 Å². The Labute approximate surface area is 231 Å². The van der Waals surface area contributed by atoms with Gasteiger partial charge in [-0.25, -0.2) is 4.79 Å². The first-order valence-corrected chi connectivity index (χ1v) is 13.4. The number of carbonyl (C=O) groups is 3. The number of benzene rings is 3. The van der Waals surface area contributed by atoms with Crippen molar-refractivity contribution in [1.82, 2.24) is 20.9 Å². The number of nitrogens with one attached hydrogen (secondary N) is 3. The molecule has 4 amide bonds. The summed E-state index contributed by atoms with van der Waals surface area (Å²) in [6.45, 7) is 1.34. The smallest absolute Gasteiger partial charge is 0.315 e. The first kappa shape index (κ1) is 26.1. The number of hydrogen-bond acceptors (Lipinski definition) is 3. The van der Waals surface area contributed by atoms with Crippen LogP contribution in [-0.2, 0) is 19.4 Å². The number of amides is 4. The molecule has 196 valence electrons. The van der Waals surface area contributed by atoms with Crippen LogP contribution >= 0.6 is 23.2 Å². The highest BCUT2D eigenvalue weighted by Gasteiger charge is 2.28. The predicted octanol–water partition coefficient (Wildman–Crippen LogP) is 4.91. The van der Waals surface area contributed by atoms with E-state index in [1.165, 1.54) is 5.56 Å². The van der Waals surface area contributed by atoms with E-state index in [1.807, 2.05) is 36.4 Å². The Morgan fingerprint density at radius 1 is 0.895 bits per heavy atom. The maximum Gasteiger partial charge on any atom is 0.315 e. The summed E-state index contributed by atoms with van der Waals surface area (Å²) in [6.07, 6.45) is 2.34. The summed E-state index contributed by atoms with van der Waals surface area (Å²) in [5, 5.41) is 9.10. The van der Waals surface area contributed by atoms with E-state index in [2.05, 4.69) is 22.0 Å². The summed E-state index contributed by atoms with van der Waals surface area (Å²) in [7, 11) is 0. The molecule has 0 bridgehead atoms. The van der Waals surface area contributed by atoms with Crippen molar-refractivity contribution >= 4 is 41.0 Å². The van der Waals surface area contributed by atoms with Gasteiger partial charge < -0.3 is 20.9 Å². The molecule has 3 N–H and O–H groups in total. The lowest BCUT2D eigenvalue weighted by atomic mass is 9.96. The fourth-order valence-electron chi connectivity index (χ4n) is 5.15. The second kappa shape index (κ2) is 11.5. The minimum absolute atomic E-state index is 0.00666. The van der Waals surface area contributed by atoms with Crippen LogP contribution in [0.3, 0.4) is 0 Å². The topological polar surface area (TPSA) is 90.5 Å². The van der Waals surface area contributed by atoms with Crippen LogP contribution in [0, 0.1) is 0 Å². The average Bonchev–Trinajstić information content (AvgIpc) is 3.33. The zero-order chi connectivity index (χ0) is 26.6. The molecule has 1 atom stereocenters. The number of urea groups is 1. The minimum Gasteiger partial charge on any atom is -0.350 e. The third kappa shape index (κ3) is 5.49. The van der Waals surface area contributed by atoms with Crippen molar-refractivity contribution in [2.24, 2.45) is 0 Å². The molecule has 0 unspecified atom stereocenters. The lowest BCUT2D eigenvalue weighted by Crippen LogP contribution is -2.41. The molecule has 0 aromatic heterocycles. The van der Waals surface area contributed by atoms with E-state index in [4.69, 9.17) is 23.2 Å². The quantitative estimate of drug-likeness (QED) is 0.381. The molecule has 2 aliphatic rings. The molecule has 0 fully saturated rings. The summed E-state index contributed by atoms with van der Waals surface area (Å²) < 4.78 is 0. The fraction of sp³-hybridized carbons (Fsp3) is 0.276. The molecule has 0 spiro atoms. The van der Waals surface area contributed by atoms with Crippen LogP contribution in [0.15, 0.2) is 60.7 Å². The number of halogens is 2. The monoisotopic (exact) mass is 550 g/mol. The van der Waals surface area contributed by atoms with Gasteiger partial charge in [-0.15, -0.1) is 0 Å². The number of aryl methyl sites for hydroxylation is 1. The van der Waals surface area contributed by atoms with Crippen LogP contribution in [0.25, 0.3) is 0 Å². The SMILES string of the molecule is O=C(NCCNC(=O)c1c(Cl)cc2c(c1Cl)CCN(C(=O)c1ccccc1)C2)N[C@@H]1CCc2ccccc21. The predicted molar refractivity (Wildman–Crippen MR) is 148 cm³/mol. The van der Waals surface area contributed by atoms with E-state index in [0.717, 1.165) is 29.5 Å². The fourth-order valence-corrected chi connectivity index (χ4v) is 5.92. The lowest BCUT2D eigenvalue weighted by Gasteiger charge is -2.30. The van der Waals surface area contributed by atoms with E-state index in [0.29, 0.717) is 30.1 Å². The van der Waals surface area contributed by atoms with Gasteiger partial charge in [0.2, 0.25) is 0 Å². The van der Waals surface area contributed by atoms with Gasteiger partial charge in [-0.1, -0.05) is 65.7 Å². The highest BCUT2D eigenvalue weighted by atomic mass is 35.5. The Hall–Kier alpha value is -3.55. The number of carbonyl (C=O) groups excluding carboxylic acids is 3. The molecular formula is C29H28Cl2N4O3. The maximum atomic E-state index is 12.9. The average molecular weight is 551 g/mol. The largest absolute Gasteiger partial charge is 0.350 e. The first-order chi connectivity index (χ1) is 18.4. The molecular weight excluding hydrogens is 523 g/mol. The van der Waals surface area contributed by atoms with E-state index in [-0.39, 0.29) is 41.7 Å². The van der Waals surface area contributed by atoms with Crippen LogP contribution in [0.5, 0.6) is 0 Å². The molecule has 3 aromatic rings. The van der Waals surface area contributed by atoms with Gasteiger partial charge in [-0.05, 0) is 59.7 Å². The van der Waals surface area contributed by atoms with Crippen LogP contribution < -0.4 is 16.0 Å². The number of fused-ring (bicyclic) bond motifs is 2. The van der Waals surface area contributed by atoms with E-state index >= 15 is 0 Å². The third-order valence-electron chi connectivity index (χ3n) is 7.07. The molecule has 1 heterocycles. The summed E-state index contributed by atoms with van der Waals surface area (Å²) in [6, 6.07) is 18.7. The Balaban J connectivity index is 1.15. The highest BCUT2D eigenvalue weighted by Crippen LogP contribution is 2.35. The standard InChI is InChI=1S/C29H28Cl2N4O3/c30-23-16-20-17-35(28(37)19-7-2-1-3-8-19)15-12-22(20)26(31)25(23)27(36)32-13-14-33-29(38)34-24-11-10-18-6-4-5-9-21(18)24/h1-9,16,24H,10-15,17H2,(H,32,36)(H2,33,34,38)/t24-/m1/s1. The van der Waals surface area contributed by atoms with Gasteiger partial charge in [0.25, 0.3) is 11.8 Å². The van der Waals surface area contributed by atoms with Crippen molar-refractivity contribution in [3.8, 4) is 0 Å². The van der Waals surface area contributed by atoms with E-state index in [9.17, 15) is 14.4 Å². The van der Waals surface area contributed by atoms with Gasteiger partial charge in [-0.3, -0.25) is 9.59 Å². The first-order valence-electron chi connectivity index (χ1n) is 12.7. The van der Waals surface area contributed by atoms with Crippen molar-refractivity contribution in [2.45, 2.75) is 31.8 Å². The number of hydrogen-bond donors (Lipinski definition) is 3. The van der Waals surface area contributed by atoms with Crippen LogP contribution in [0.1, 0.15) is 55.4 Å². The molecule has 9 heteroatoms. The van der Waals surface area contributed by atoms with Crippen molar-refractivity contribution in [2.75, 3.05) is 19.6 Å². The number of nitrogens with zero attached hydrogens (tertiary/aromatic N) is 1. The zero-order valence-electron chi connectivity index (χ0n) is 20.7. The van der Waals surface area contributed by atoms with Crippen molar-refractivity contribution < 1.29 is 14.4 Å². The van der Waals surface area contributed by atoms with Crippen molar-refractivity contribution in [3.63, 3.8) is 0 Å². The van der Waals surface area contributed by atoms with Crippen LogP contribution in [-0.4, -0.2) is 42.4 Å². The normalized spacial score (nSPS) is 15.8. The molecule has 0 radical (unpaired) electrons. The number of rotatable bonds is 6. The Bertz CT molecular complexity index is 1380. The molecule has 0 saturated heterocycles. The second-order valence-corrected chi connectivity index (χ2v) is 10.3. The van der Waals surface area contributed by atoms with Gasteiger partial charge in [0, 0.05) is 31.7 Å². The Morgan fingerprint density at radius 2 is 1.63 bits per heavy atom. The summed E-state index contributed by atoms with van der Waals surface area (Å²) >= 11 is 13.1. The maximum absolute atomic E-state index is 12.9. The lowest BCUT2D eigenvalue weighted by molar-refractivity contribution is 0.0734. The van der Waals surface area contributed by atoms with Gasteiger partial charge in [0.05, 0.1) is 21.7 Å². The zero-order valence-corrected chi connectivity index (χ0v) is 22.2.